The van der Waals surface area contributed by atoms with Crippen LogP contribution in [0.25, 0.3) is 21.7 Å². The zero-order valence-corrected chi connectivity index (χ0v) is 19.0. The molecule has 1 heterocycles. The predicted octanol–water partition coefficient (Wildman–Crippen LogP) is 5.08. The van der Waals surface area contributed by atoms with E-state index >= 15 is 0 Å². The molecule has 0 aliphatic heterocycles. The van der Waals surface area contributed by atoms with Crippen molar-refractivity contribution in [3.8, 4) is 0 Å². The second kappa shape index (κ2) is 8.33. The number of fused-ring (bicyclic) bond motifs is 3. The van der Waals surface area contributed by atoms with Crippen LogP contribution in [-0.2, 0) is 26.1 Å². The molecule has 31 heavy (non-hydrogen) atoms. The Morgan fingerprint density at radius 3 is 2.35 bits per heavy atom. The molecule has 0 unspecified atom stereocenters. The van der Waals surface area contributed by atoms with Gasteiger partial charge >= 0.3 is 5.97 Å². The number of sulfonamides is 1. The Hall–Kier alpha value is -2.88. The average Bonchev–Trinajstić information content (AvgIpc) is 3.12. The molecular formula is C22H18BrNO6S. The van der Waals surface area contributed by atoms with Crippen LogP contribution in [0, 0.1) is 0 Å². The molecule has 160 valence electrons. The molecule has 0 fully saturated rings. The molecule has 0 bridgehead atoms. The minimum absolute atomic E-state index is 0.0629. The second-order valence-electron chi connectivity index (χ2n) is 6.73. The van der Waals surface area contributed by atoms with Crippen molar-refractivity contribution < 1.29 is 27.1 Å². The monoisotopic (exact) mass is 503 g/mol. The molecule has 0 saturated heterocycles. The number of benzene rings is 3. The van der Waals surface area contributed by atoms with Gasteiger partial charge in [0.1, 0.15) is 23.5 Å². The summed E-state index contributed by atoms with van der Waals surface area (Å²) in [6.45, 7) is 0.0629. The van der Waals surface area contributed by atoms with Crippen LogP contribution in [0.2, 0.25) is 0 Å². The number of hydrogen-bond donors (Lipinski definition) is 1. The first kappa shape index (κ1) is 21.4. The van der Waals surface area contributed by atoms with Crippen molar-refractivity contribution in [2.45, 2.75) is 11.5 Å². The molecule has 0 saturated carbocycles. The minimum Gasteiger partial charge on any atom is -0.465 e. The van der Waals surface area contributed by atoms with Crippen LogP contribution in [0.1, 0.15) is 16.1 Å². The van der Waals surface area contributed by atoms with Gasteiger partial charge in [-0.2, -0.15) is 0 Å². The minimum atomic E-state index is -3.87. The van der Waals surface area contributed by atoms with Gasteiger partial charge in [0, 0.05) is 27.7 Å². The lowest BCUT2D eigenvalue weighted by Crippen LogP contribution is -2.13. The summed E-state index contributed by atoms with van der Waals surface area (Å²) < 4.78 is 45.5. The smallest absolute Gasteiger partial charge is 0.342 e. The van der Waals surface area contributed by atoms with E-state index in [0.29, 0.717) is 33.2 Å². The van der Waals surface area contributed by atoms with Gasteiger partial charge in [-0.25, -0.2) is 13.2 Å². The van der Waals surface area contributed by atoms with Gasteiger partial charge in [-0.1, -0.05) is 40.2 Å². The summed E-state index contributed by atoms with van der Waals surface area (Å²) in [6, 6.07) is 15.1. The second-order valence-corrected chi connectivity index (χ2v) is 9.33. The van der Waals surface area contributed by atoms with Gasteiger partial charge < -0.3 is 13.9 Å². The van der Waals surface area contributed by atoms with Crippen LogP contribution >= 0.6 is 15.9 Å². The third-order valence-corrected chi connectivity index (χ3v) is 6.71. The van der Waals surface area contributed by atoms with Crippen LogP contribution in [0.5, 0.6) is 0 Å². The van der Waals surface area contributed by atoms with Crippen molar-refractivity contribution in [1.29, 1.82) is 0 Å². The van der Waals surface area contributed by atoms with Crippen molar-refractivity contribution in [3.63, 3.8) is 0 Å². The fraction of sp³-hybridized carbons (Fsp3) is 0.136. The molecule has 1 N–H and O–H groups in total. The van der Waals surface area contributed by atoms with E-state index in [9.17, 15) is 13.2 Å². The third-order valence-electron chi connectivity index (χ3n) is 4.80. The standard InChI is InChI=1S/C22H18BrNO6S/c1-28-12-19-20(22(25)29-2)17-11-18(15-5-3-4-6-16(15)21(17)30-19)24-31(26,27)14-9-7-13(23)8-10-14/h3-11,24H,12H2,1-2H3. The van der Waals surface area contributed by atoms with E-state index in [4.69, 9.17) is 13.9 Å². The first-order chi connectivity index (χ1) is 14.9. The number of methoxy groups -OCH3 is 2. The van der Waals surface area contributed by atoms with E-state index in [0.717, 1.165) is 4.47 Å². The highest BCUT2D eigenvalue weighted by molar-refractivity contribution is 9.10. The molecule has 0 radical (unpaired) electrons. The molecule has 0 amide bonds. The first-order valence-corrected chi connectivity index (χ1v) is 11.5. The Labute approximate surface area is 187 Å². The quantitative estimate of drug-likeness (QED) is 0.368. The van der Waals surface area contributed by atoms with Crippen molar-refractivity contribution in [2.24, 2.45) is 0 Å². The Bertz CT molecular complexity index is 1390. The van der Waals surface area contributed by atoms with Crippen LogP contribution in [0.15, 0.2) is 68.4 Å². The van der Waals surface area contributed by atoms with Gasteiger partial charge in [0.25, 0.3) is 10.0 Å². The van der Waals surface area contributed by atoms with Gasteiger partial charge in [0.05, 0.1) is 17.7 Å². The molecule has 7 nitrogen and oxygen atoms in total. The number of halogens is 1. The van der Waals surface area contributed by atoms with Gasteiger partial charge in [-0.3, -0.25) is 4.72 Å². The maximum atomic E-state index is 13.0. The highest BCUT2D eigenvalue weighted by atomic mass is 79.9. The van der Waals surface area contributed by atoms with E-state index < -0.39 is 16.0 Å². The number of hydrogen-bond acceptors (Lipinski definition) is 6. The summed E-state index contributed by atoms with van der Waals surface area (Å²) in [5, 5.41) is 1.72. The van der Waals surface area contributed by atoms with Crippen LogP contribution in [0.4, 0.5) is 5.69 Å². The molecule has 3 aromatic carbocycles. The zero-order valence-electron chi connectivity index (χ0n) is 16.6. The van der Waals surface area contributed by atoms with E-state index in [-0.39, 0.29) is 17.1 Å². The SMILES string of the molecule is COCc1oc2c(cc(NS(=O)(=O)c3ccc(Br)cc3)c3ccccc32)c1C(=O)OC. The topological polar surface area (TPSA) is 94.8 Å². The summed E-state index contributed by atoms with van der Waals surface area (Å²) in [4.78, 5) is 12.6. The number of carbonyl (C=O) groups excluding carboxylic acids is 1. The molecule has 4 rings (SSSR count). The Morgan fingerprint density at radius 1 is 1.03 bits per heavy atom. The number of esters is 1. The summed E-state index contributed by atoms with van der Waals surface area (Å²) in [5.41, 5.74) is 0.977. The van der Waals surface area contributed by atoms with Crippen molar-refractivity contribution in [1.82, 2.24) is 0 Å². The third kappa shape index (κ3) is 3.91. The number of rotatable bonds is 6. The first-order valence-electron chi connectivity index (χ1n) is 9.18. The molecule has 0 aliphatic rings. The summed E-state index contributed by atoms with van der Waals surface area (Å²) >= 11 is 3.30. The molecular weight excluding hydrogens is 486 g/mol. The number of carbonyl (C=O) groups is 1. The van der Waals surface area contributed by atoms with Gasteiger partial charge in [0.2, 0.25) is 0 Å². The Kier molecular flexibility index (Phi) is 5.74. The fourth-order valence-electron chi connectivity index (χ4n) is 3.43. The van der Waals surface area contributed by atoms with E-state index in [2.05, 4.69) is 20.7 Å². The summed E-state index contributed by atoms with van der Waals surface area (Å²) in [7, 11) is -1.11. The van der Waals surface area contributed by atoms with Crippen LogP contribution < -0.4 is 4.72 Å². The molecule has 0 atom stereocenters. The van der Waals surface area contributed by atoms with E-state index in [1.54, 1.807) is 36.4 Å². The molecule has 0 aliphatic carbocycles. The molecule has 9 heteroatoms. The summed E-state index contributed by atoms with van der Waals surface area (Å²) in [5.74, 6) is -0.287. The van der Waals surface area contributed by atoms with Crippen molar-refractivity contribution in [2.75, 3.05) is 18.9 Å². The lowest BCUT2D eigenvalue weighted by molar-refractivity contribution is 0.0594. The van der Waals surface area contributed by atoms with Crippen LogP contribution in [0.3, 0.4) is 0 Å². The van der Waals surface area contributed by atoms with Gasteiger partial charge in [-0.15, -0.1) is 0 Å². The highest BCUT2D eigenvalue weighted by Gasteiger charge is 2.25. The Morgan fingerprint density at radius 2 is 1.71 bits per heavy atom. The largest absolute Gasteiger partial charge is 0.465 e. The molecule has 1 aromatic heterocycles. The average molecular weight is 504 g/mol. The lowest BCUT2D eigenvalue weighted by atomic mass is 10.0. The number of anilines is 1. The number of ether oxygens (including phenoxy) is 2. The van der Waals surface area contributed by atoms with Crippen LogP contribution in [-0.4, -0.2) is 28.6 Å². The maximum absolute atomic E-state index is 13.0. The van der Waals surface area contributed by atoms with Crippen molar-refractivity contribution >= 4 is 59.4 Å². The summed E-state index contributed by atoms with van der Waals surface area (Å²) in [6.07, 6.45) is 0. The number of nitrogens with one attached hydrogen (secondary N) is 1. The fourth-order valence-corrected chi connectivity index (χ4v) is 4.76. The Balaban J connectivity index is 1.96. The molecule has 4 aromatic rings. The lowest BCUT2D eigenvalue weighted by Gasteiger charge is -2.12. The van der Waals surface area contributed by atoms with E-state index in [1.807, 2.05) is 6.07 Å². The normalized spacial score (nSPS) is 11.7. The van der Waals surface area contributed by atoms with Gasteiger partial charge in [0.15, 0.2) is 0 Å². The van der Waals surface area contributed by atoms with Crippen molar-refractivity contribution in [3.05, 3.63) is 70.4 Å². The number of furan rings is 1. The maximum Gasteiger partial charge on any atom is 0.342 e. The zero-order chi connectivity index (χ0) is 22.2. The highest BCUT2D eigenvalue weighted by Crippen LogP contribution is 2.38. The van der Waals surface area contributed by atoms with E-state index in [1.165, 1.54) is 26.4 Å². The van der Waals surface area contributed by atoms with Gasteiger partial charge in [-0.05, 0) is 30.3 Å². The predicted molar refractivity (Wildman–Crippen MR) is 121 cm³/mol. The molecule has 0 spiro atoms.